The van der Waals surface area contributed by atoms with E-state index in [4.69, 9.17) is 10.5 Å². The average Bonchev–Trinajstić information content (AvgIpc) is 3.12. The maximum atomic E-state index is 13.3. The van der Waals surface area contributed by atoms with E-state index in [2.05, 4.69) is 17.1 Å². The first kappa shape index (κ1) is 20.0. The smallest absolute Gasteiger partial charge is 0.255 e. The van der Waals surface area contributed by atoms with Crippen LogP contribution in [-0.2, 0) is 27.4 Å². The first-order chi connectivity index (χ1) is 13.8. The monoisotopic (exact) mass is 400 g/mol. The lowest BCUT2D eigenvalue weighted by Crippen LogP contribution is -2.52. The summed E-state index contributed by atoms with van der Waals surface area (Å²) in [7, 11) is 1.69. The van der Waals surface area contributed by atoms with Crippen LogP contribution in [0, 0.1) is 0 Å². The number of ether oxygens (including phenoxy) is 1. The Labute approximate surface area is 170 Å². The number of methoxy groups -OCH3 is 1. The number of nitrogens with zero attached hydrogens (tertiary/aromatic N) is 2. The molecule has 0 radical (unpaired) electrons. The van der Waals surface area contributed by atoms with Gasteiger partial charge in [0, 0.05) is 50.3 Å². The van der Waals surface area contributed by atoms with Gasteiger partial charge in [0.2, 0.25) is 11.8 Å². The van der Waals surface area contributed by atoms with E-state index in [-0.39, 0.29) is 35.7 Å². The number of nitrogens with one attached hydrogen (secondary N) is 1. The van der Waals surface area contributed by atoms with E-state index >= 15 is 0 Å². The minimum atomic E-state index is -0.598. The maximum absolute atomic E-state index is 13.3. The zero-order valence-electron chi connectivity index (χ0n) is 16.9. The Bertz CT molecular complexity index is 857. The second-order valence-electron chi connectivity index (χ2n) is 8.63. The Morgan fingerprint density at radius 2 is 2.10 bits per heavy atom. The van der Waals surface area contributed by atoms with Crippen molar-refractivity contribution >= 4 is 17.7 Å². The number of hydrogen-bond donors (Lipinski definition) is 2. The van der Waals surface area contributed by atoms with Crippen LogP contribution in [0.5, 0.6) is 0 Å². The molecule has 4 rings (SSSR count). The van der Waals surface area contributed by atoms with E-state index in [0.29, 0.717) is 31.7 Å². The van der Waals surface area contributed by atoms with Gasteiger partial charge in [-0.1, -0.05) is 18.2 Å². The van der Waals surface area contributed by atoms with Gasteiger partial charge in [0.1, 0.15) is 6.04 Å². The van der Waals surface area contributed by atoms with Gasteiger partial charge in [0.15, 0.2) is 0 Å². The molecule has 8 nitrogen and oxygen atoms in total. The molecule has 3 atom stereocenters. The number of rotatable bonds is 5. The lowest BCUT2D eigenvalue weighted by Gasteiger charge is -2.35. The second-order valence-corrected chi connectivity index (χ2v) is 8.63. The fraction of sp³-hybridized carbons (Fsp3) is 0.571. The minimum Gasteiger partial charge on any atom is -0.383 e. The number of piperidine rings is 1. The van der Waals surface area contributed by atoms with Crippen LogP contribution < -0.4 is 11.1 Å². The average molecular weight is 400 g/mol. The van der Waals surface area contributed by atoms with Crippen molar-refractivity contribution in [2.45, 2.75) is 56.9 Å². The van der Waals surface area contributed by atoms with Gasteiger partial charge in [0.25, 0.3) is 5.91 Å². The molecular formula is C21H28N4O4. The zero-order chi connectivity index (χ0) is 20.8. The Morgan fingerprint density at radius 3 is 2.83 bits per heavy atom. The molecular weight excluding hydrogens is 372 g/mol. The van der Waals surface area contributed by atoms with Crippen molar-refractivity contribution in [2.75, 3.05) is 20.3 Å². The largest absolute Gasteiger partial charge is 0.383 e. The first-order valence-corrected chi connectivity index (χ1v) is 10.1. The highest BCUT2D eigenvalue weighted by molar-refractivity contribution is 6.05. The summed E-state index contributed by atoms with van der Waals surface area (Å²) in [6.45, 7) is 4.46. The van der Waals surface area contributed by atoms with Gasteiger partial charge in [0.05, 0.1) is 6.61 Å². The second kappa shape index (κ2) is 7.51. The summed E-state index contributed by atoms with van der Waals surface area (Å²) in [5, 5.41) is 2.35. The maximum Gasteiger partial charge on any atom is 0.255 e. The fourth-order valence-electron chi connectivity index (χ4n) is 5.01. The lowest BCUT2D eigenvalue weighted by molar-refractivity contribution is -0.136. The van der Waals surface area contributed by atoms with Crippen molar-refractivity contribution in [1.82, 2.24) is 15.1 Å². The Balaban J connectivity index is 1.58. The summed E-state index contributed by atoms with van der Waals surface area (Å²) in [6, 6.07) is 5.34. The molecule has 3 aliphatic rings. The van der Waals surface area contributed by atoms with E-state index in [1.54, 1.807) is 12.0 Å². The van der Waals surface area contributed by atoms with Crippen LogP contribution in [0.25, 0.3) is 0 Å². The number of amides is 3. The van der Waals surface area contributed by atoms with Crippen LogP contribution in [0.4, 0.5) is 0 Å². The lowest BCUT2D eigenvalue weighted by atomic mass is 9.97. The summed E-state index contributed by atoms with van der Waals surface area (Å²) < 4.78 is 5.43. The van der Waals surface area contributed by atoms with Gasteiger partial charge in [-0.3, -0.25) is 24.6 Å². The van der Waals surface area contributed by atoms with E-state index < -0.39 is 6.04 Å². The van der Waals surface area contributed by atoms with E-state index in [0.717, 1.165) is 24.1 Å². The van der Waals surface area contributed by atoms with Gasteiger partial charge >= 0.3 is 0 Å². The van der Waals surface area contributed by atoms with Gasteiger partial charge in [-0.15, -0.1) is 0 Å². The molecule has 3 heterocycles. The van der Waals surface area contributed by atoms with Gasteiger partial charge in [-0.05, 0) is 30.9 Å². The number of carbonyl (C=O) groups excluding carboxylic acids is 3. The van der Waals surface area contributed by atoms with Crippen molar-refractivity contribution < 1.29 is 19.1 Å². The molecule has 0 spiro atoms. The molecule has 2 saturated heterocycles. The van der Waals surface area contributed by atoms with Crippen molar-refractivity contribution in [2.24, 2.45) is 5.73 Å². The number of likely N-dealkylation sites (tertiary alicyclic amines) is 1. The highest BCUT2D eigenvalue weighted by atomic mass is 16.5. The SMILES string of the molecule is COCC1(C)CC(N)CN1Cc1cccc2c1C(=O)N(C1CCC(=O)NC1=O)C2. The summed E-state index contributed by atoms with van der Waals surface area (Å²) in [6.07, 6.45) is 1.46. The number of hydrogen-bond acceptors (Lipinski definition) is 6. The number of fused-ring (bicyclic) bond motifs is 1. The van der Waals surface area contributed by atoms with Crippen molar-refractivity contribution in [3.8, 4) is 0 Å². The molecule has 0 aromatic heterocycles. The molecule has 3 aliphatic heterocycles. The van der Waals surface area contributed by atoms with Gasteiger partial charge < -0.3 is 15.4 Å². The predicted molar refractivity (Wildman–Crippen MR) is 106 cm³/mol. The third-order valence-corrected chi connectivity index (χ3v) is 6.38. The molecule has 3 N–H and O–H groups in total. The van der Waals surface area contributed by atoms with Crippen LogP contribution in [0.3, 0.4) is 0 Å². The number of imide groups is 1. The molecule has 2 fully saturated rings. The molecule has 156 valence electrons. The van der Waals surface area contributed by atoms with E-state index in [1.165, 1.54) is 0 Å². The van der Waals surface area contributed by atoms with Crippen LogP contribution >= 0.6 is 0 Å². The molecule has 1 aromatic carbocycles. The molecule has 1 aromatic rings. The first-order valence-electron chi connectivity index (χ1n) is 10.1. The van der Waals surface area contributed by atoms with Crippen molar-refractivity contribution in [1.29, 1.82) is 0 Å². The van der Waals surface area contributed by atoms with Crippen molar-refractivity contribution in [3.05, 3.63) is 34.9 Å². The fourth-order valence-corrected chi connectivity index (χ4v) is 5.01. The van der Waals surface area contributed by atoms with Crippen LogP contribution in [-0.4, -0.2) is 65.4 Å². The Hall–Kier alpha value is -2.29. The summed E-state index contributed by atoms with van der Waals surface area (Å²) in [5.74, 6) is -0.803. The highest BCUT2D eigenvalue weighted by Crippen LogP contribution is 2.34. The van der Waals surface area contributed by atoms with E-state index in [1.807, 2.05) is 18.2 Å². The summed E-state index contributed by atoms with van der Waals surface area (Å²) in [5.41, 5.74) is 8.59. The topological polar surface area (TPSA) is 105 Å². The number of carbonyl (C=O) groups is 3. The summed E-state index contributed by atoms with van der Waals surface area (Å²) >= 11 is 0. The van der Waals surface area contributed by atoms with Crippen LogP contribution in [0.2, 0.25) is 0 Å². The standard InChI is InChI=1S/C21H28N4O4/c1-21(12-29-2)8-15(22)11-24(21)9-13-4-3-5-14-10-25(20(28)18(13)14)16-6-7-17(26)23-19(16)27/h3-5,15-16H,6-12,22H2,1-2H3,(H,23,26,27). The van der Waals surface area contributed by atoms with E-state index in [9.17, 15) is 14.4 Å². The molecule has 3 amide bonds. The third-order valence-electron chi connectivity index (χ3n) is 6.38. The highest BCUT2D eigenvalue weighted by Gasteiger charge is 2.43. The van der Waals surface area contributed by atoms with Gasteiger partial charge in [-0.25, -0.2) is 0 Å². The predicted octanol–water partition coefficient (Wildman–Crippen LogP) is 0.386. The number of nitrogens with two attached hydrogens (primary N) is 1. The quantitative estimate of drug-likeness (QED) is 0.693. The Kier molecular flexibility index (Phi) is 5.18. The number of benzene rings is 1. The van der Waals surface area contributed by atoms with Crippen LogP contribution in [0.1, 0.15) is 47.7 Å². The van der Waals surface area contributed by atoms with Crippen molar-refractivity contribution in [3.63, 3.8) is 0 Å². The van der Waals surface area contributed by atoms with Gasteiger partial charge in [-0.2, -0.15) is 0 Å². The summed E-state index contributed by atoms with van der Waals surface area (Å²) in [4.78, 5) is 40.9. The molecule has 29 heavy (non-hydrogen) atoms. The normalized spacial score (nSPS) is 30.0. The van der Waals surface area contributed by atoms with Crippen LogP contribution in [0.15, 0.2) is 18.2 Å². The molecule has 3 unspecified atom stereocenters. The Morgan fingerprint density at radius 1 is 1.31 bits per heavy atom. The minimum absolute atomic E-state index is 0.0718. The molecule has 0 bridgehead atoms. The molecule has 0 saturated carbocycles. The molecule has 0 aliphatic carbocycles. The molecule has 8 heteroatoms. The third kappa shape index (κ3) is 3.56. The zero-order valence-corrected chi connectivity index (χ0v) is 16.9.